The predicted molar refractivity (Wildman–Crippen MR) is 94.7 cm³/mol. The van der Waals surface area contributed by atoms with E-state index < -0.39 is 0 Å². The number of aromatic nitrogens is 2. The molecule has 0 atom stereocenters. The monoisotopic (exact) mass is 344 g/mol. The summed E-state index contributed by atoms with van der Waals surface area (Å²) in [4.78, 5) is 8.52. The summed E-state index contributed by atoms with van der Waals surface area (Å²) in [6.45, 7) is 0. The molecule has 0 aliphatic carbocycles. The molecule has 1 heterocycles. The van der Waals surface area contributed by atoms with Gasteiger partial charge in [-0.25, -0.2) is 4.98 Å². The van der Waals surface area contributed by atoms with E-state index in [9.17, 15) is 0 Å². The average molecular weight is 345 g/mol. The van der Waals surface area contributed by atoms with Gasteiger partial charge in [0, 0.05) is 10.0 Å². The molecule has 0 aliphatic heterocycles. The van der Waals surface area contributed by atoms with E-state index in [2.05, 4.69) is 9.97 Å². The summed E-state index contributed by atoms with van der Waals surface area (Å²) in [7, 11) is 0. The quantitative estimate of drug-likeness (QED) is 0.748. The average Bonchev–Trinajstić information content (AvgIpc) is 2.53. The summed E-state index contributed by atoms with van der Waals surface area (Å²) < 4.78 is 0. The van der Waals surface area contributed by atoms with Crippen LogP contribution in [-0.4, -0.2) is 9.97 Å². The van der Waals surface area contributed by atoms with Crippen molar-refractivity contribution in [2.24, 2.45) is 0 Å². The molecule has 1 aromatic heterocycles. The molecule has 0 fully saturated rings. The summed E-state index contributed by atoms with van der Waals surface area (Å²) in [5.41, 5.74) is 14.4. The molecule has 116 valence electrons. The van der Waals surface area contributed by atoms with Gasteiger partial charge in [0.2, 0.25) is 0 Å². The van der Waals surface area contributed by atoms with Crippen LogP contribution in [0.5, 0.6) is 0 Å². The van der Waals surface area contributed by atoms with Gasteiger partial charge in [0.25, 0.3) is 0 Å². The minimum absolute atomic E-state index is 0.183. The van der Waals surface area contributed by atoms with Gasteiger partial charge in [-0.2, -0.15) is 0 Å². The summed E-state index contributed by atoms with van der Waals surface area (Å²) in [5, 5.41) is 1.33. The maximum Gasteiger partial charge on any atom is 0.148 e. The molecule has 6 heteroatoms. The Hall–Kier alpha value is -2.30. The molecule has 0 unspecified atom stereocenters. The summed E-state index contributed by atoms with van der Waals surface area (Å²) >= 11 is 12.0. The van der Waals surface area contributed by atoms with Gasteiger partial charge in [0.05, 0.1) is 17.8 Å². The van der Waals surface area contributed by atoms with Crippen LogP contribution in [0.2, 0.25) is 10.0 Å². The second kappa shape index (κ2) is 6.44. The lowest BCUT2D eigenvalue weighted by Crippen LogP contribution is -2.11. The van der Waals surface area contributed by atoms with Crippen LogP contribution in [0.25, 0.3) is 0 Å². The maximum absolute atomic E-state index is 6.05. The first-order valence-electron chi connectivity index (χ1n) is 6.93. The fourth-order valence-electron chi connectivity index (χ4n) is 2.47. The van der Waals surface area contributed by atoms with Crippen LogP contribution in [0.15, 0.2) is 54.7 Å². The molecule has 23 heavy (non-hydrogen) atoms. The summed E-state index contributed by atoms with van der Waals surface area (Å²) in [5.74, 6) is 0.412. The first-order valence-corrected chi connectivity index (χ1v) is 7.69. The second-order valence-electron chi connectivity index (χ2n) is 5.10. The molecule has 0 bridgehead atoms. The number of rotatable bonds is 3. The predicted octanol–water partition coefficient (Wildman–Crippen LogP) is 4.13. The van der Waals surface area contributed by atoms with Gasteiger partial charge < -0.3 is 11.5 Å². The fourth-order valence-corrected chi connectivity index (χ4v) is 2.72. The Balaban J connectivity index is 2.16. The van der Waals surface area contributed by atoms with E-state index in [0.717, 1.165) is 11.1 Å². The van der Waals surface area contributed by atoms with E-state index in [0.29, 0.717) is 21.6 Å². The van der Waals surface area contributed by atoms with Crippen LogP contribution in [0.3, 0.4) is 0 Å². The highest BCUT2D eigenvalue weighted by Gasteiger charge is 2.21. The highest BCUT2D eigenvalue weighted by atomic mass is 35.5. The lowest BCUT2D eigenvalue weighted by molar-refractivity contribution is 0.910. The zero-order valence-electron chi connectivity index (χ0n) is 12.1. The van der Waals surface area contributed by atoms with Crippen molar-refractivity contribution in [2.75, 3.05) is 11.5 Å². The van der Waals surface area contributed by atoms with Gasteiger partial charge in [-0.05, 0) is 35.4 Å². The molecule has 0 amide bonds. The SMILES string of the molecule is Nc1cnc(C(c2ccc(Cl)cc2)c2ccc(Cl)cc2)c(N)n1. The Labute approximate surface area is 144 Å². The fraction of sp³-hybridized carbons (Fsp3) is 0.0588. The number of nitrogens with two attached hydrogens (primary N) is 2. The van der Waals surface area contributed by atoms with Gasteiger partial charge >= 0.3 is 0 Å². The van der Waals surface area contributed by atoms with Crippen molar-refractivity contribution >= 4 is 34.8 Å². The zero-order chi connectivity index (χ0) is 16.4. The van der Waals surface area contributed by atoms with Gasteiger partial charge in [-0.15, -0.1) is 0 Å². The number of benzene rings is 2. The van der Waals surface area contributed by atoms with Crippen molar-refractivity contribution in [3.63, 3.8) is 0 Å². The molecular formula is C17H14Cl2N4. The van der Waals surface area contributed by atoms with Crippen LogP contribution in [0.1, 0.15) is 22.7 Å². The largest absolute Gasteiger partial charge is 0.382 e. The summed E-state index contributed by atoms with van der Waals surface area (Å²) in [6.07, 6.45) is 1.50. The molecule has 4 N–H and O–H groups in total. The van der Waals surface area contributed by atoms with Crippen LogP contribution in [0, 0.1) is 0 Å². The minimum atomic E-state index is -0.183. The summed E-state index contributed by atoms with van der Waals surface area (Å²) in [6, 6.07) is 15.1. The third-order valence-electron chi connectivity index (χ3n) is 3.53. The highest BCUT2D eigenvalue weighted by molar-refractivity contribution is 6.30. The Morgan fingerprint density at radius 1 is 0.783 bits per heavy atom. The van der Waals surface area contributed by atoms with E-state index in [-0.39, 0.29) is 11.7 Å². The van der Waals surface area contributed by atoms with Crippen LogP contribution >= 0.6 is 23.2 Å². The van der Waals surface area contributed by atoms with Crippen molar-refractivity contribution in [1.29, 1.82) is 0 Å². The van der Waals surface area contributed by atoms with Gasteiger partial charge in [-0.1, -0.05) is 47.5 Å². The Morgan fingerprint density at radius 2 is 1.26 bits per heavy atom. The van der Waals surface area contributed by atoms with Gasteiger partial charge in [-0.3, -0.25) is 4.98 Å². The lowest BCUT2D eigenvalue weighted by Gasteiger charge is -2.19. The van der Waals surface area contributed by atoms with E-state index >= 15 is 0 Å². The van der Waals surface area contributed by atoms with Crippen LogP contribution in [0.4, 0.5) is 11.6 Å². The van der Waals surface area contributed by atoms with Crippen molar-refractivity contribution in [3.8, 4) is 0 Å². The first-order chi connectivity index (χ1) is 11.0. The molecule has 0 spiro atoms. The third kappa shape index (κ3) is 3.38. The Bertz CT molecular complexity index is 772. The maximum atomic E-state index is 6.05. The first kappa shape index (κ1) is 15.6. The van der Waals surface area contributed by atoms with E-state index in [4.69, 9.17) is 34.7 Å². The van der Waals surface area contributed by atoms with Crippen molar-refractivity contribution < 1.29 is 0 Å². The molecule has 0 radical (unpaired) electrons. The van der Waals surface area contributed by atoms with Gasteiger partial charge in [0.15, 0.2) is 0 Å². The standard InChI is InChI=1S/C17H14Cl2N4/c18-12-5-1-10(2-6-12)15(11-3-7-13(19)8-4-11)16-17(21)23-14(20)9-22-16/h1-9,15H,(H4,20,21,23). The van der Waals surface area contributed by atoms with Crippen molar-refractivity contribution in [1.82, 2.24) is 9.97 Å². The number of halogens is 2. The molecule has 0 saturated carbocycles. The molecule has 3 rings (SSSR count). The van der Waals surface area contributed by atoms with Crippen molar-refractivity contribution in [3.05, 3.63) is 81.6 Å². The van der Waals surface area contributed by atoms with E-state index in [1.807, 2.05) is 48.5 Å². The Kier molecular flexibility index (Phi) is 4.37. The topological polar surface area (TPSA) is 77.8 Å². The number of nitrogens with zero attached hydrogens (tertiary/aromatic N) is 2. The van der Waals surface area contributed by atoms with Crippen LogP contribution < -0.4 is 11.5 Å². The highest BCUT2D eigenvalue weighted by Crippen LogP contribution is 2.34. The van der Waals surface area contributed by atoms with E-state index in [1.54, 1.807) is 0 Å². The number of hydrogen-bond donors (Lipinski definition) is 2. The molecule has 4 nitrogen and oxygen atoms in total. The molecular weight excluding hydrogens is 331 g/mol. The molecule has 3 aromatic rings. The lowest BCUT2D eigenvalue weighted by atomic mass is 9.88. The second-order valence-corrected chi connectivity index (χ2v) is 5.97. The number of nitrogen functional groups attached to an aromatic ring is 2. The molecule has 0 saturated heterocycles. The molecule has 0 aliphatic rings. The smallest absolute Gasteiger partial charge is 0.148 e. The van der Waals surface area contributed by atoms with E-state index in [1.165, 1.54) is 6.20 Å². The van der Waals surface area contributed by atoms with Gasteiger partial charge in [0.1, 0.15) is 11.6 Å². The number of anilines is 2. The molecule has 2 aromatic carbocycles. The normalized spacial score (nSPS) is 10.9. The van der Waals surface area contributed by atoms with Crippen molar-refractivity contribution in [2.45, 2.75) is 5.92 Å². The third-order valence-corrected chi connectivity index (χ3v) is 4.03. The van der Waals surface area contributed by atoms with Crippen LogP contribution in [-0.2, 0) is 0 Å². The zero-order valence-corrected chi connectivity index (χ0v) is 13.6. The Morgan fingerprint density at radius 3 is 1.70 bits per heavy atom. The number of hydrogen-bond acceptors (Lipinski definition) is 4. The minimum Gasteiger partial charge on any atom is -0.382 e.